The molecule has 6 nitrogen and oxygen atoms in total. The maximum atomic E-state index is 12.9. The van der Waals surface area contributed by atoms with Crippen molar-refractivity contribution in [1.29, 1.82) is 0 Å². The van der Waals surface area contributed by atoms with Crippen molar-refractivity contribution in [3.8, 4) is 11.4 Å². The fourth-order valence-corrected chi connectivity index (χ4v) is 3.05. The molecular formula is C17H18F3N5O. The van der Waals surface area contributed by atoms with Crippen LogP contribution < -0.4 is 10.6 Å². The number of rotatable bonds is 4. The molecule has 0 aromatic carbocycles. The second-order valence-corrected chi connectivity index (χ2v) is 6.21. The lowest BCUT2D eigenvalue weighted by Crippen LogP contribution is -2.42. The lowest BCUT2D eigenvalue weighted by atomic mass is 10.1. The summed E-state index contributed by atoms with van der Waals surface area (Å²) in [6, 6.07) is 2.64. The van der Waals surface area contributed by atoms with Gasteiger partial charge in [0.05, 0.1) is 5.56 Å². The minimum atomic E-state index is -4.48. The van der Waals surface area contributed by atoms with Gasteiger partial charge in [0.25, 0.3) is 0 Å². The monoisotopic (exact) mass is 365 g/mol. The molecule has 0 aliphatic heterocycles. The van der Waals surface area contributed by atoms with Crippen LogP contribution in [0.4, 0.5) is 19.0 Å². The molecule has 26 heavy (non-hydrogen) atoms. The second-order valence-electron chi connectivity index (χ2n) is 6.21. The summed E-state index contributed by atoms with van der Waals surface area (Å²) in [5.74, 6) is 0.555. The molecule has 1 fully saturated rings. The fraction of sp³-hybridized carbons (Fsp3) is 0.412. The minimum Gasteiger partial charge on any atom is -0.365 e. The standard InChI is InChI=1S/C17H18F3N5O/c1-10(26)23-13-3-2-4-14(13)24-15-5-6-22-16(25-15)11-7-12(9-21-8-11)17(18,19)20/h5-9,13-14H,2-4H2,1H3,(H,23,26)(H,22,24,25)/t13?,14-/m1/s1. The zero-order valence-corrected chi connectivity index (χ0v) is 14.0. The lowest BCUT2D eigenvalue weighted by Gasteiger charge is -2.22. The smallest absolute Gasteiger partial charge is 0.365 e. The van der Waals surface area contributed by atoms with Crippen LogP contribution in [-0.2, 0) is 11.0 Å². The number of nitrogens with one attached hydrogen (secondary N) is 2. The van der Waals surface area contributed by atoms with Gasteiger partial charge in [-0.2, -0.15) is 13.2 Å². The van der Waals surface area contributed by atoms with E-state index in [-0.39, 0.29) is 29.4 Å². The van der Waals surface area contributed by atoms with Gasteiger partial charge in [-0.05, 0) is 31.4 Å². The maximum absolute atomic E-state index is 12.9. The largest absolute Gasteiger partial charge is 0.417 e. The van der Waals surface area contributed by atoms with Crippen LogP contribution >= 0.6 is 0 Å². The van der Waals surface area contributed by atoms with Crippen molar-refractivity contribution in [2.45, 2.75) is 44.4 Å². The van der Waals surface area contributed by atoms with E-state index in [1.54, 1.807) is 6.07 Å². The minimum absolute atomic E-state index is 0.00105. The highest BCUT2D eigenvalue weighted by Crippen LogP contribution is 2.31. The van der Waals surface area contributed by atoms with E-state index >= 15 is 0 Å². The normalized spacial score (nSPS) is 20.0. The number of hydrogen-bond acceptors (Lipinski definition) is 5. The summed E-state index contributed by atoms with van der Waals surface area (Å²) in [4.78, 5) is 23.3. The van der Waals surface area contributed by atoms with E-state index in [0.29, 0.717) is 5.82 Å². The van der Waals surface area contributed by atoms with Crippen molar-refractivity contribution in [2.75, 3.05) is 5.32 Å². The van der Waals surface area contributed by atoms with E-state index in [4.69, 9.17) is 0 Å². The van der Waals surface area contributed by atoms with Gasteiger partial charge in [0.2, 0.25) is 5.91 Å². The Morgan fingerprint density at radius 1 is 1.23 bits per heavy atom. The Morgan fingerprint density at radius 3 is 2.73 bits per heavy atom. The number of carbonyl (C=O) groups excluding carboxylic acids is 1. The molecule has 2 N–H and O–H groups in total. The Morgan fingerprint density at radius 2 is 2.00 bits per heavy atom. The molecule has 1 amide bonds. The molecule has 138 valence electrons. The van der Waals surface area contributed by atoms with Gasteiger partial charge in [-0.1, -0.05) is 0 Å². The van der Waals surface area contributed by atoms with Gasteiger partial charge in [-0.25, -0.2) is 9.97 Å². The van der Waals surface area contributed by atoms with Crippen molar-refractivity contribution < 1.29 is 18.0 Å². The van der Waals surface area contributed by atoms with Crippen LogP contribution in [0.15, 0.2) is 30.7 Å². The van der Waals surface area contributed by atoms with E-state index in [9.17, 15) is 18.0 Å². The van der Waals surface area contributed by atoms with Crippen molar-refractivity contribution >= 4 is 11.7 Å². The molecule has 2 heterocycles. The summed E-state index contributed by atoms with van der Waals surface area (Å²) >= 11 is 0. The first kappa shape index (κ1) is 18.1. The molecule has 9 heteroatoms. The van der Waals surface area contributed by atoms with Gasteiger partial charge >= 0.3 is 6.18 Å². The zero-order valence-electron chi connectivity index (χ0n) is 14.0. The molecule has 1 aliphatic carbocycles. The number of halogens is 3. The van der Waals surface area contributed by atoms with Crippen LogP contribution in [0.5, 0.6) is 0 Å². The molecule has 0 bridgehead atoms. The van der Waals surface area contributed by atoms with Gasteiger partial charge in [0.1, 0.15) is 5.82 Å². The number of hydrogen-bond donors (Lipinski definition) is 2. The molecule has 0 spiro atoms. The molecule has 0 radical (unpaired) electrons. The summed E-state index contributed by atoms with van der Waals surface area (Å²) in [5, 5.41) is 6.15. The molecule has 1 saturated carbocycles. The third-order valence-corrected chi connectivity index (χ3v) is 4.22. The summed E-state index contributed by atoms with van der Waals surface area (Å²) in [6.45, 7) is 1.47. The summed E-state index contributed by atoms with van der Waals surface area (Å²) in [7, 11) is 0. The fourth-order valence-electron chi connectivity index (χ4n) is 3.05. The summed E-state index contributed by atoms with van der Waals surface area (Å²) in [5.41, 5.74) is -0.660. The van der Waals surface area contributed by atoms with Gasteiger partial charge in [0.15, 0.2) is 5.82 Å². The van der Waals surface area contributed by atoms with Crippen LogP contribution in [0.3, 0.4) is 0 Å². The number of pyridine rings is 1. The van der Waals surface area contributed by atoms with Gasteiger partial charge in [-0.15, -0.1) is 0 Å². The second kappa shape index (κ2) is 7.27. The quantitative estimate of drug-likeness (QED) is 0.871. The van der Waals surface area contributed by atoms with Crippen LogP contribution in [0.1, 0.15) is 31.7 Å². The summed E-state index contributed by atoms with van der Waals surface area (Å²) in [6.07, 6.45) is 1.77. The van der Waals surface area contributed by atoms with Gasteiger partial charge in [0, 0.05) is 43.2 Å². The molecule has 1 aliphatic rings. The van der Waals surface area contributed by atoms with E-state index in [0.717, 1.165) is 31.5 Å². The SMILES string of the molecule is CC(=O)NC1CCC[C@H]1Nc1ccnc(-c2cncc(C(F)(F)F)c2)n1. The molecule has 2 aromatic heterocycles. The topological polar surface area (TPSA) is 79.8 Å². The number of carbonyl (C=O) groups is 1. The third kappa shape index (κ3) is 4.27. The number of amides is 1. The first-order valence-electron chi connectivity index (χ1n) is 8.22. The van der Waals surface area contributed by atoms with Crippen molar-refractivity contribution in [3.63, 3.8) is 0 Å². The van der Waals surface area contributed by atoms with E-state index in [2.05, 4.69) is 25.6 Å². The Kier molecular flexibility index (Phi) is 5.06. The van der Waals surface area contributed by atoms with Crippen LogP contribution in [0.25, 0.3) is 11.4 Å². The summed E-state index contributed by atoms with van der Waals surface area (Å²) < 4.78 is 38.6. The Hall–Kier alpha value is -2.71. The van der Waals surface area contributed by atoms with Gasteiger partial charge < -0.3 is 10.6 Å². The molecule has 3 rings (SSSR count). The predicted molar refractivity (Wildman–Crippen MR) is 89.1 cm³/mol. The predicted octanol–water partition coefficient (Wildman–Crippen LogP) is 3.03. The number of alkyl halides is 3. The third-order valence-electron chi connectivity index (χ3n) is 4.22. The first-order chi connectivity index (χ1) is 12.3. The molecule has 2 atom stereocenters. The highest BCUT2D eigenvalue weighted by molar-refractivity contribution is 5.73. The van der Waals surface area contributed by atoms with Crippen molar-refractivity contribution in [2.24, 2.45) is 0 Å². The highest BCUT2D eigenvalue weighted by Gasteiger charge is 2.31. The number of aromatic nitrogens is 3. The Labute approximate surface area is 148 Å². The molecule has 0 saturated heterocycles. The van der Waals surface area contributed by atoms with E-state index in [1.807, 2.05) is 0 Å². The van der Waals surface area contributed by atoms with E-state index < -0.39 is 11.7 Å². The van der Waals surface area contributed by atoms with Crippen LogP contribution in [0, 0.1) is 0 Å². The molecule has 1 unspecified atom stereocenters. The molecular weight excluding hydrogens is 347 g/mol. The zero-order chi connectivity index (χ0) is 18.7. The Balaban J connectivity index is 1.80. The van der Waals surface area contributed by atoms with E-state index in [1.165, 1.54) is 19.3 Å². The van der Waals surface area contributed by atoms with Crippen LogP contribution in [0.2, 0.25) is 0 Å². The Bertz CT molecular complexity index is 796. The average molecular weight is 365 g/mol. The van der Waals surface area contributed by atoms with Crippen molar-refractivity contribution in [1.82, 2.24) is 20.3 Å². The average Bonchev–Trinajstić information content (AvgIpc) is 3.00. The lowest BCUT2D eigenvalue weighted by molar-refractivity contribution is -0.137. The van der Waals surface area contributed by atoms with Crippen LogP contribution in [-0.4, -0.2) is 32.9 Å². The first-order valence-corrected chi connectivity index (χ1v) is 8.22. The number of anilines is 1. The van der Waals surface area contributed by atoms with Gasteiger partial charge in [-0.3, -0.25) is 9.78 Å². The number of nitrogens with zero attached hydrogens (tertiary/aromatic N) is 3. The van der Waals surface area contributed by atoms with Crippen molar-refractivity contribution in [3.05, 3.63) is 36.3 Å². The maximum Gasteiger partial charge on any atom is 0.417 e. The molecule has 2 aromatic rings. The highest BCUT2D eigenvalue weighted by atomic mass is 19.4.